The number of sulfonamides is 1. The summed E-state index contributed by atoms with van der Waals surface area (Å²) in [7, 11) is -3.86. The van der Waals surface area contributed by atoms with E-state index in [1.54, 1.807) is 37.3 Å². The van der Waals surface area contributed by atoms with Gasteiger partial charge >= 0.3 is 0 Å². The van der Waals surface area contributed by atoms with Crippen molar-refractivity contribution < 1.29 is 18.0 Å². The van der Waals surface area contributed by atoms with Gasteiger partial charge in [0.25, 0.3) is 0 Å². The molecule has 0 fully saturated rings. The van der Waals surface area contributed by atoms with Crippen LogP contribution in [-0.2, 0) is 26.2 Å². The van der Waals surface area contributed by atoms with Gasteiger partial charge in [-0.2, -0.15) is 0 Å². The summed E-state index contributed by atoms with van der Waals surface area (Å²) in [5.41, 5.74) is 0.866. The van der Waals surface area contributed by atoms with Gasteiger partial charge < -0.3 is 10.2 Å². The average Bonchev–Trinajstić information content (AvgIpc) is 2.86. The zero-order valence-corrected chi connectivity index (χ0v) is 23.4. The molecule has 1 N–H and O–H groups in total. The Bertz CT molecular complexity index is 1360. The number of benzene rings is 3. The number of halogens is 2. The molecule has 0 spiro atoms. The average molecular weight is 565 g/mol. The van der Waals surface area contributed by atoms with Crippen LogP contribution >= 0.6 is 23.2 Å². The molecular formula is C27H31Cl2N3O4S. The zero-order chi connectivity index (χ0) is 27.2. The van der Waals surface area contributed by atoms with Gasteiger partial charge in [0.1, 0.15) is 12.6 Å². The molecule has 3 aromatic rings. The first-order valence-electron chi connectivity index (χ1n) is 12.0. The van der Waals surface area contributed by atoms with Crippen LogP contribution in [0.1, 0.15) is 32.3 Å². The molecule has 0 aliphatic heterocycles. The van der Waals surface area contributed by atoms with E-state index in [1.807, 2.05) is 37.3 Å². The molecule has 1 atom stereocenters. The van der Waals surface area contributed by atoms with Crippen LogP contribution in [0.2, 0.25) is 10.0 Å². The number of fused-ring (bicyclic) bond motifs is 1. The molecule has 2 amide bonds. The minimum Gasteiger partial charge on any atom is -0.354 e. The van der Waals surface area contributed by atoms with Crippen molar-refractivity contribution in [2.45, 2.75) is 39.3 Å². The number of carbonyl (C=O) groups excluding carboxylic acids is 2. The number of nitrogens with zero attached hydrogens (tertiary/aromatic N) is 2. The van der Waals surface area contributed by atoms with Crippen LogP contribution in [-0.4, -0.2) is 50.5 Å². The molecule has 0 radical (unpaired) electrons. The number of hydrogen-bond acceptors (Lipinski definition) is 4. The molecule has 7 nitrogen and oxygen atoms in total. The Hall–Kier alpha value is -2.81. The lowest BCUT2D eigenvalue weighted by atomic mass is 10.1. The third-order valence-electron chi connectivity index (χ3n) is 6.04. The highest BCUT2D eigenvalue weighted by Crippen LogP contribution is 2.30. The Balaban J connectivity index is 2.06. The van der Waals surface area contributed by atoms with Gasteiger partial charge in [0, 0.05) is 34.1 Å². The summed E-state index contributed by atoms with van der Waals surface area (Å²) in [6.45, 7) is 3.64. The third kappa shape index (κ3) is 6.94. The topological polar surface area (TPSA) is 86.8 Å². The van der Waals surface area contributed by atoms with Crippen molar-refractivity contribution in [3.05, 3.63) is 76.3 Å². The van der Waals surface area contributed by atoms with Gasteiger partial charge in [0.2, 0.25) is 21.8 Å². The first-order chi connectivity index (χ1) is 17.6. The van der Waals surface area contributed by atoms with Crippen molar-refractivity contribution in [2.24, 2.45) is 0 Å². The maximum Gasteiger partial charge on any atom is 0.244 e. The van der Waals surface area contributed by atoms with Crippen molar-refractivity contribution in [3.8, 4) is 0 Å². The SMILES string of the molecule is CCCNC(=O)C(CC)N(Cc1c(Cl)cccc1Cl)C(=O)CN(c1cccc2ccccc12)S(C)(=O)=O. The number of hydrogen-bond donors (Lipinski definition) is 1. The molecular weight excluding hydrogens is 533 g/mol. The molecule has 0 aliphatic carbocycles. The summed E-state index contributed by atoms with van der Waals surface area (Å²) >= 11 is 12.8. The molecule has 0 saturated heterocycles. The van der Waals surface area contributed by atoms with Crippen molar-refractivity contribution in [2.75, 3.05) is 23.7 Å². The summed E-state index contributed by atoms with van der Waals surface area (Å²) in [4.78, 5) is 28.3. The van der Waals surface area contributed by atoms with Crippen LogP contribution in [0.25, 0.3) is 10.8 Å². The minimum atomic E-state index is -3.86. The highest BCUT2D eigenvalue weighted by molar-refractivity contribution is 7.92. The molecule has 0 aromatic heterocycles. The Labute approximate surface area is 228 Å². The molecule has 0 heterocycles. The fourth-order valence-electron chi connectivity index (χ4n) is 4.16. The lowest BCUT2D eigenvalue weighted by molar-refractivity contribution is -0.140. The van der Waals surface area contributed by atoms with Gasteiger partial charge in [-0.15, -0.1) is 0 Å². The van der Waals surface area contributed by atoms with E-state index in [9.17, 15) is 18.0 Å². The van der Waals surface area contributed by atoms with Gasteiger partial charge in [0.05, 0.1) is 11.9 Å². The molecule has 0 bridgehead atoms. The highest BCUT2D eigenvalue weighted by Gasteiger charge is 2.32. The highest BCUT2D eigenvalue weighted by atomic mass is 35.5. The first-order valence-corrected chi connectivity index (χ1v) is 14.6. The lowest BCUT2D eigenvalue weighted by Crippen LogP contribution is -2.52. The fraction of sp³-hybridized carbons (Fsp3) is 0.333. The van der Waals surface area contributed by atoms with Gasteiger partial charge in [-0.05, 0) is 36.4 Å². The van der Waals surface area contributed by atoms with Gasteiger partial charge in [-0.3, -0.25) is 13.9 Å². The molecule has 0 saturated carbocycles. The predicted octanol–water partition coefficient (Wildman–Crippen LogP) is 5.25. The summed E-state index contributed by atoms with van der Waals surface area (Å²) in [6, 6.07) is 16.8. The van der Waals surface area contributed by atoms with E-state index in [0.29, 0.717) is 39.6 Å². The Kier molecular flexibility index (Phi) is 9.81. The smallest absolute Gasteiger partial charge is 0.244 e. The van der Waals surface area contributed by atoms with Gasteiger partial charge in [-0.1, -0.05) is 79.5 Å². The normalized spacial score (nSPS) is 12.2. The maximum absolute atomic E-state index is 13.9. The molecule has 198 valence electrons. The van der Waals surface area contributed by atoms with Crippen molar-refractivity contribution >= 4 is 61.5 Å². The van der Waals surface area contributed by atoms with Crippen LogP contribution in [0.5, 0.6) is 0 Å². The number of amides is 2. The number of anilines is 1. The predicted molar refractivity (Wildman–Crippen MR) is 151 cm³/mol. The fourth-order valence-corrected chi connectivity index (χ4v) is 5.54. The molecule has 1 unspecified atom stereocenters. The zero-order valence-electron chi connectivity index (χ0n) is 21.1. The van der Waals surface area contributed by atoms with E-state index >= 15 is 0 Å². The van der Waals surface area contributed by atoms with Crippen LogP contribution in [0.15, 0.2) is 60.7 Å². The minimum absolute atomic E-state index is 0.0530. The van der Waals surface area contributed by atoms with Crippen LogP contribution in [0, 0.1) is 0 Å². The van der Waals surface area contributed by atoms with E-state index in [2.05, 4.69) is 5.32 Å². The lowest BCUT2D eigenvalue weighted by Gasteiger charge is -2.33. The van der Waals surface area contributed by atoms with E-state index in [4.69, 9.17) is 23.2 Å². The van der Waals surface area contributed by atoms with E-state index < -0.39 is 28.5 Å². The van der Waals surface area contributed by atoms with E-state index in [-0.39, 0.29) is 12.5 Å². The van der Waals surface area contributed by atoms with E-state index in [1.165, 1.54) is 4.90 Å². The molecule has 3 aromatic carbocycles. The second-order valence-corrected chi connectivity index (χ2v) is 11.4. The summed E-state index contributed by atoms with van der Waals surface area (Å²) in [5.74, 6) is -0.871. The second kappa shape index (κ2) is 12.6. The molecule has 3 rings (SSSR count). The summed E-state index contributed by atoms with van der Waals surface area (Å²) in [6.07, 6.45) is 2.11. The van der Waals surface area contributed by atoms with Gasteiger partial charge in [0.15, 0.2) is 0 Å². The van der Waals surface area contributed by atoms with E-state index in [0.717, 1.165) is 22.4 Å². The van der Waals surface area contributed by atoms with Crippen LogP contribution in [0.3, 0.4) is 0 Å². The Morgan fingerprint density at radius 1 is 0.946 bits per heavy atom. The second-order valence-electron chi connectivity index (χ2n) is 8.70. The Morgan fingerprint density at radius 3 is 2.19 bits per heavy atom. The van der Waals surface area contributed by atoms with Crippen LogP contribution in [0.4, 0.5) is 5.69 Å². The largest absolute Gasteiger partial charge is 0.354 e. The molecule has 37 heavy (non-hydrogen) atoms. The van der Waals surface area contributed by atoms with Gasteiger partial charge in [-0.25, -0.2) is 8.42 Å². The quantitative estimate of drug-likeness (QED) is 0.345. The van der Waals surface area contributed by atoms with Crippen molar-refractivity contribution in [1.82, 2.24) is 10.2 Å². The monoisotopic (exact) mass is 563 g/mol. The number of nitrogens with one attached hydrogen (secondary N) is 1. The number of rotatable bonds is 11. The Morgan fingerprint density at radius 2 is 1.57 bits per heavy atom. The number of carbonyl (C=O) groups is 2. The maximum atomic E-state index is 13.9. The van der Waals surface area contributed by atoms with Crippen molar-refractivity contribution in [3.63, 3.8) is 0 Å². The standard InChI is InChI=1S/C27H31Cl2N3O4S/c1-4-16-30-27(34)24(5-2)31(17-21-22(28)13-9-14-23(21)29)26(33)18-32(37(3,35)36)25-15-8-11-19-10-6-7-12-20(19)25/h6-15,24H,4-5,16-18H2,1-3H3,(H,30,34). The van der Waals surface area contributed by atoms with Crippen molar-refractivity contribution in [1.29, 1.82) is 0 Å². The van der Waals surface area contributed by atoms with Crippen LogP contribution < -0.4 is 9.62 Å². The molecule has 10 heteroatoms. The molecule has 0 aliphatic rings. The first kappa shape index (κ1) is 28.8. The summed E-state index contributed by atoms with van der Waals surface area (Å²) < 4.78 is 27.0. The summed E-state index contributed by atoms with van der Waals surface area (Å²) in [5, 5.41) is 5.07. The third-order valence-corrected chi connectivity index (χ3v) is 7.87.